The van der Waals surface area contributed by atoms with Crippen molar-refractivity contribution >= 4 is 29.1 Å². The normalized spacial score (nSPS) is 14.3. The van der Waals surface area contributed by atoms with E-state index in [1.165, 1.54) is 0 Å². The van der Waals surface area contributed by atoms with E-state index in [-0.39, 0.29) is 30.4 Å². The second-order valence-corrected chi connectivity index (χ2v) is 8.24. The van der Waals surface area contributed by atoms with Crippen molar-refractivity contribution in [2.75, 3.05) is 18.0 Å². The first-order valence-electron chi connectivity index (χ1n) is 10.1. The van der Waals surface area contributed by atoms with E-state index in [9.17, 15) is 9.59 Å². The molecule has 1 heterocycles. The number of hydrogen-bond acceptors (Lipinski definition) is 3. The number of carbonyl (C=O) groups excluding carboxylic acids is 2. The molecule has 1 atom stereocenters. The molecular weight excluding hydrogens is 386 g/mol. The summed E-state index contributed by atoms with van der Waals surface area (Å²) in [5.41, 5.74) is 3.66. The Morgan fingerprint density at radius 3 is 2.59 bits per heavy atom. The topological polar surface area (TPSA) is 61.4 Å². The van der Waals surface area contributed by atoms with Crippen LogP contribution in [0.5, 0.6) is 0 Å². The molecule has 0 saturated carbocycles. The Kier molecular flexibility index (Phi) is 6.80. The van der Waals surface area contributed by atoms with Crippen LogP contribution < -0.4 is 15.5 Å². The smallest absolute Gasteiger partial charge is 0.251 e. The van der Waals surface area contributed by atoms with Crippen molar-refractivity contribution in [3.63, 3.8) is 0 Å². The Labute approximate surface area is 177 Å². The van der Waals surface area contributed by atoms with E-state index in [0.717, 1.165) is 36.2 Å². The first-order valence-corrected chi connectivity index (χ1v) is 10.5. The van der Waals surface area contributed by atoms with Crippen LogP contribution in [0.25, 0.3) is 0 Å². The maximum Gasteiger partial charge on any atom is 0.251 e. The van der Waals surface area contributed by atoms with Crippen LogP contribution >= 0.6 is 11.6 Å². The SMILES string of the molecule is CC(C)NC(=O)c1cccc2c1CCCN2CC(=O)NC(C)c1cccc(Cl)c1. The highest BCUT2D eigenvalue weighted by atomic mass is 35.5. The highest BCUT2D eigenvalue weighted by Crippen LogP contribution is 2.30. The average Bonchev–Trinajstić information content (AvgIpc) is 2.67. The van der Waals surface area contributed by atoms with Gasteiger partial charge in [0.2, 0.25) is 5.91 Å². The predicted molar refractivity (Wildman–Crippen MR) is 118 cm³/mol. The van der Waals surface area contributed by atoms with Crippen LogP contribution in [-0.4, -0.2) is 30.9 Å². The van der Waals surface area contributed by atoms with E-state index >= 15 is 0 Å². The number of fused-ring (bicyclic) bond motifs is 1. The van der Waals surface area contributed by atoms with Gasteiger partial charge >= 0.3 is 0 Å². The molecule has 5 nitrogen and oxygen atoms in total. The van der Waals surface area contributed by atoms with Gasteiger partial charge in [0.15, 0.2) is 0 Å². The van der Waals surface area contributed by atoms with Crippen LogP contribution in [0.2, 0.25) is 5.02 Å². The third kappa shape index (κ3) is 5.30. The van der Waals surface area contributed by atoms with Crippen LogP contribution in [0.1, 0.15) is 54.7 Å². The van der Waals surface area contributed by atoms with Gasteiger partial charge in [0.05, 0.1) is 12.6 Å². The van der Waals surface area contributed by atoms with Gasteiger partial charge in [0.25, 0.3) is 5.91 Å². The predicted octanol–water partition coefficient (Wildman–Crippen LogP) is 4.11. The molecule has 2 aromatic rings. The zero-order valence-corrected chi connectivity index (χ0v) is 17.9. The van der Waals surface area contributed by atoms with Gasteiger partial charge in [-0.3, -0.25) is 9.59 Å². The monoisotopic (exact) mass is 413 g/mol. The number of nitrogens with one attached hydrogen (secondary N) is 2. The molecule has 0 radical (unpaired) electrons. The quantitative estimate of drug-likeness (QED) is 0.749. The summed E-state index contributed by atoms with van der Waals surface area (Å²) in [7, 11) is 0. The number of amides is 2. The van der Waals surface area contributed by atoms with E-state index in [2.05, 4.69) is 15.5 Å². The van der Waals surface area contributed by atoms with E-state index in [1.807, 2.05) is 63.2 Å². The van der Waals surface area contributed by atoms with Crippen molar-refractivity contribution in [2.24, 2.45) is 0 Å². The average molecular weight is 414 g/mol. The van der Waals surface area contributed by atoms with E-state index < -0.39 is 0 Å². The highest BCUT2D eigenvalue weighted by Gasteiger charge is 2.24. The summed E-state index contributed by atoms with van der Waals surface area (Å²) in [6.07, 6.45) is 1.75. The molecule has 154 valence electrons. The van der Waals surface area contributed by atoms with Crippen molar-refractivity contribution in [2.45, 2.75) is 45.7 Å². The number of benzene rings is 2. The first-order chi connectivity index (χ1) is 13.8. The lowest BCUT2D eigenvalue weighted by molar-refractivity contribution is -0.120. The number of halogens is 1. The summed E-state index contributed by atoms with van der Waals surface area (Å²) in [6.45, 7) is 6.90. The molecule has 1 aliphatic heterocycles. The van der Waals surface area contributed by atoms with Crippen LogP contribution in [0.3, 0.4) is 0 Å². The van der Waals surface area contributed by atoms with Crippen molar-refractivity contribution in [1.29, 1.82) is 0 Å². The second kappa shape index (κ2) is 9.31. The van der Waals surface area contributed by atoms with Crippen LogP contribution in [0, 0.1) is 0 Å². The van der Waals surface area contributed by atoms with Gasteiger partial charge in [0, 0.05) is 28.9 Å². The fourth-order valence-corrected chi connectivity index (χ4v) is 3.94. The fraction of sp³-hybridized carbons (Fsp3) is 0.391. The van der Waals surface area contributed by atoms with Crippen LogP contribution in [0.4, 0.5) is 5.69 Å². The Hall–Kier alpha value is -2.53. The molecule has 2 amide bonds. The largest absolute Gasteiger partial charge is 0.362 e. The molecule has 1 unspecified atom stereocenters. The first kappa shape index (κ1) is 21.2. The lowest BCUT2D eigenvalue weighted by atomic mass is 9.95. The summed E-state index contributed by atoms with van der Waals surface area (Å²) >= 11 is 6.06. The third-order valence-corrected chi connectivity index (χ3v) is 5.31. The lowest BCUT2D eigenvalue weighted by Gasteiger charge is -2.32. The van der Waals surface area contributed by atoms with Gasteiger partial charge < -0.3 is 15.5 Å². The number of carbonyl (C=O) groups is 2. The Balaban J connectivity index is 1.72. The zero-order chi connectivity index (χ0) is 21.0. The van der Waals surface area contributed by atoms with Gasteiger partial charge in [-0.15, -0.1) is 0 Å². The molecule has 29 heavy (non-hydrogen) atoms. The molecule has 0 aromatic heterocycles. The summed E-state index contributed by atoms with van der Waals surface area (Å²) in [5, 5.41) is 6.67. The summed E-state index contributed by atoms with van der Waals surface area (Å²) in [5.74, 6) is -0.111. The van der Waals surface area contributed by atoms with Gasteiger partial charge in [-0.2, -0.15) is 0 Å². The lowest BCUT2D eigenvalue weighted by Crippen LogP contribution is -2.41. The molecule has 2 aromatic carbocycles. The Morgan fingerprint density at radius 1 is 1.10 bits per heavy atom. The molecule has 0 aliphatic carbocycles. The van der Waals surface area contributed by atoms with Crippen LogP contribution in [-0.2, 0) is 11.2 Å². The molecule has 0 spiro atoms. The number of rotatable bonds is 6. The zero-order valence-electron chi connectivity index (χ0n) is 17.2. The van der Waals surface area contributed by atoms with E-state index in [1.54, 1.807) is 0 Å². The number of hydrogen-bond donors (Lipinski definition) is 2. The second-order valence-electron chi connectivity index (χ2n) is 7.80. The molecule has 3 rings (SSSR count). The van der Waals surface area contributed by atoms with Crippen molar-refractivity contribution in [3.05, 3.63) is 64.2 Å². The minimum absolute atomic E-state index is 0.0534. The minimum Gasteiger partial charge on any atom is -0.362 e. The molecule has 2 N–H and O–H groups in total. The molecule has 0 bridgehead atoms. The summed E-state index contributed by atoms with van der Waals surface area (Å²) < 4.78 is 0. The van der Waals surface area contributed by atoms with Gasteiger partial charge in [-0.05, 0) is 69.0 Å². The fourth-order valence-electron chi connectivity index (χ4n) is 3.74. The molecule has 6 heteroatoms. The van der Waals surface area contributed by atoms with Gasteiger partial charge in [-0.25, -0.2) is 0 Å². The van der Waals surface area contributed by atoms with Crippen molar-refractivity contribution in [1.82, 2.24) is 10.6 Å². The van der Waals surface area contributed by atoms with E-state index in [4.69, 9.17) is 11.6 Å². The summed E-state index contributed by atoms with van der Waals surface area (Å²) in [6, 6.07) is 13.2. The Bertz CT molecular complexity index is 897. The Morgan fingerprint density at radius 2 is 1.86 bits per heavy atom. The molecule has 1 aliphatic rings. The third-order valence-electron chi connectivity index (χ3n) is 5.07. The molecule has 0 fully saturated rings. The molecule has 0 saturated heterocycles. The maximum atomic E-state index is 12.7. The van der Waals surface area contributed by atoms with Gasteiger partial charge in [-0.1, -0.05) is 29.8 Å². The number of nitrogens with zero attached hydrogens (tertiary/aromatic N) is 1. The van der Waals surface area contributed by atoms with Crippen LogP contribution in [0.15, 0.2) is 42.5 Å². The molecular formula is C23H28ClN3O2. The van der Waals surface area contributed by atoms with E-state index in [0.29, 0.717) is 10.6 Å². The summed E-state index contributed by atoms with van der Waals surface area (Å²) in [4.78, 5) is 27.3. The van der Waals surface area contributed by atoms with Gasteiger partial charge in [0.1, 0.15) is 0 Å². The standard InChI is InChI=1S/C23H28ClN3O2/c1-15(2)25-23(29)20-9-5-11-21-19(20)10-6-12-27(21)14-22(28)26-16(3)17-7-4-8-18(24)13-17/h4-5,7-9,11,13,15-16H,6,10,12,14H2,1-3H3,(H,25,29)(H,26,28). The highest BCUT2D eigenvalue weighted by molar-refractivity contribution is 6.30. The van der Waals surface area contributed by atoms with Crippen molar-refractivity contribution < 1.29 is 9.59 Å². The maximum absolute atomic E-state index is 12.7. The number of anilines is 1. The minimum atomic E-state index is -0.131. The van der Waals surface area contributed by atoms with Crippen molar-refractivity contribution in [3.8, 4) is 0 Å².